The van der Waals surface area contributed by atoms with Crippen LogP contribution in [0.3, 0.4) is 0 Å². The predicted molar refractivity (Wildman–Crippen MR) is 79.5 cm³/mol. The summed E-state index contributed by atoms with van der Waals surface area (Å²) in [7, 11) is 1.49. The molecule has 114 valence electrons. The number of amides is 2. The Kier molecular flexibility index (Phi) is 5.32. The average molecular weight is 313 g/mol. The Bertz CT molecular complexity index is 584. The molecule has 0 unspecified atom stereocenters. The maximum atomic E-state index is 11.8. The van der Waals surface area contributed by atoms with E-state index in [1.54, 1.807) is 0 Å². The molecule has 21 heavy (non-hydrogen) atoms. The lowest BCUT2D eigenvalue weighted by Crippen LogP contribution is -2.29. The van der Waals surface area contributed by atoms with Crippen LogP contribution in [0.25, 0.3) is 0 Å². The predicted octanol–water partition coefficient (Wildman–Crippen LogP) is 2.14. The molecule has 7 heteroatoms. The van der Waals surface area contributed by atoms with Gasteiger partial charge in [-0.1, -0.05) is 11.6 Å². The number of carboxylic acid groups (broad SMARTS) is 1. The van der Waals surface area contributed by atoms with Crippen molar-refractivity contribution in [3.05, 3.63) is 28.8 Å². The van der Waals surface area contributed by atoms with E-state index in [1.165, 1.54) is 39.1 Å². The highest BCUT2D eigenvalue weighted by Gasteiger charge is 2.30. The fraction of sp³-hybridized carbons (Fsp3) is 0.357. The van der Waals surface area contributed by atoms with Crippen LogP contribution in [0.4, 0.5) is 5.69 Å². The zero-order chi connectivity index (χ0) is 16.2. The van der Waals surface area contributed by atoms with Crippen LogP contribution >= 0.6 is 11.6 Å². The quantitative estimate of drug-likeness (QED) is 0.776. The summed E-state index contributed by atoms with van der Waals surface area (Å²) in [6.45, 7) is 2.94. The number of nitrogens with one attached hydrogen (secondary N) is 2. The summed E-state index contributed by atoms with van der Waals surface area (Å²) in [4.78, 5) is 34.3. The molecule has 0 aliphatic rings. The van der Waals surface area contributed by atoms with Crippen molar-refractivity contribution in [3.8, 4) is 0 Å². The van der Waals surface area contributed by atoms with Crippen molar-refractivity contribution >= 4 is 35.1 Å². The minimum atomic E-state index is -1.16. The van der Waals surface area contributed by atoms with Crippen LogP contribution in [0.5, 0.6) is 0 Å². The van der Waals surface area contributed by atoms with Gasteiger partial charge in [0.1, 0.15) is 0 Å². The van der Waals surface area contributed by atoms with Crippen molar-refractivity contribution in [2.24, 2.45) is 5.41 Å². The van der Waals surface area contributed by atoms with Crippen LogP contribution in [0, 0.1) is 5.41 Å². The second-order valence-corrected chi connectivity index (χ2v) is 5.59. The normalized spacial score (nSPS) is 10.9. The third-order valence-corrected chi connectivity index (χ3v) is 3.22. The first-order valence-corrected chi connectivity index (χ1v) is 6.60. The van der Waals surface area contributed by atoms with Gasteiger partial charge in [-0.25, -0.2) is 0 Å². The first-order chi connectivity index (χ1) is 9.67. The lowest BCUT2D eigenvalue weighted by atomic mass is 9.89. The van der Waals surface area contributed by atoms with Crippen molar-refractivity contribution in [1.82, 2.24) is 5.32 Å². The van der Waals surface area contributed by atoms with Gasteiger partial charge in [0.25, 0.3) is 5.91 Å². The molecule has 0 spiro atoms. The topological polar surface area (TPSA) is 95.5 Å². The second-order valence-electron chi connectivity index (χ2n) is 5.19. The van der Waals surface area contributed by atoms with Crippen LogP contribution < -0.4 is 10.6 Å². The maximum absolute atomic E-state index is 11.8. The third-order valence-electron chi connectivity index (χ3n) is 2.91. The van der Waals surface area contributed by atoms with E-state index in [4.69, 9.17) is 16.7 Å². The molecule has 0 saturated carbocycles. The van der Waals surface area contributed by atoms with Gasteiger partial charge in [-0.2, -0.15) is 0 Å². The van der Waals surface area contributed by atoms with Gasteiger partial charge in [0.05, 0.1) is 16.0 Å². The monoisotopic (exact) mass is 312 g/mol. The summed E-state index contributed by atoms with van der Waals surface area (Å²) in [6, 6.07) is 4.46. The molecule has 0 aliphatic carbocycles. The maximum Gasteiger partial charge on any atom is 0.309 e. The number of benzene rings is 1. The molecule has 0 radical (unpaired) electrons. The zero-order valence-corrected chi connectivity index (χ0v) is 12.7. The molecule has 0 bridgehead atoms. The van der Waals surface area contributed by atoms with E-state index in [-0.39, 0.29) is 17.4 Å². The first-order valence-electron chi connectivity index (χ1n) is 6.22. The Morgan fingerprint density at radius 3 is 2.38 bits per heavy atom. The molecule has 0 heterocycles. The van der Waals surface area contributed by atoms with Crippen molar-refractivity contribution < 1.29 is 19.5 Å². The number of carbonyl (C=O) groups excluding carboxylic acids is 2. The van der Waals surface area contributed by atoms with E-state index in [0.29, 0.717) is 11.3 Å². The summed E-state index contributed by atoms with van der Waals surface area (Å²) in [5.74, 6) is -1.82. The van der Waals surface area contributed by atoms with E-state index < -0.39 is 17.3 Å². The molecule has 6 nitrogen and oxygen atoms in total. The van der Waals surface area contributed by atoms with Crippen LogP contribution in [0.15, 0.2) is 18.2 Å². The minimum absolute atomic E-state index is 0.169. The van der Waals surface area contributed by atoms with Gasteiger partial charge in [-0.15, -0.1) is 0 Å². The van der Waals surface area contributed by atoms with Crippen LogP contribution in [-0.4, -0.2) is 29.9 Å². The lowest BCUT2D eigenvalue weighted by Gasteiger charge is -2.18. The number of hydrogen-bond donors (Lipinski definition) is 3. The minimum Gasteiger partial charge on any atom is -0.481 e. The summed E-state index contributed by atoms with van der Waals surface area (Å²) in [5.41, 5.74) is -0.461. The average Bonchev–Trinajstić information content (AvgIpc) is 2.37. The summed E-state index contributed by atoms with van der Waals surface area (Å²) in [6.07, 6.45) is -0.169. The van der Waals surface area contributed by atoms with E-state index in [9.17, 15) is 14.4 Å². The molecule has 0 saturated heterocycles. The number of rotatable bonds is 5. The highest BCUT2D eigenvalue weighted by atomic mass is 35.5. The van der Waals surface area contributed by atoms with Gasteiger partial charge >= 0.3 is 5.97 Å². The van der Waals surface area contributed by atoms with Crippen LogP contribution in [-0.2, 0) is 9.59 Å². The molecule has 0 aliphatic heterocycles. The molecule has 0 atom stereocenters. The second kappa shape index (κ2) is 6.58. The van der Waals surface area contributed by atoms with Crippen molar-refractivity contribution in [2.75, 3.05) is 12.4 Å². The van der Waals surface area contributed by atoms with E-state index >= 15 is 0 Å². The third kappa shape index (κ3) is 4.46. The smallest absolute Gasteiger partial charge is 0.309 e. The molecule has 1 aromatic rings. The highest BCUT2D eigenvalue weighted by molar-refractivity contribution is 6.34. The Morgan fingerprint density at radius 1 is 1.29 bits per heavy atom. The number of aliphatic carboxylic acids is 1. The Balaban J connectivity index is 2.81. The van der Waals surface area contributed by atoms with Gasteiger partial charge in [0.15, 0.2) is 0 Å². The number of carbonyl (C=O) groups is 3. The van der Waals surface area contributed by atoms with Crippen molar-refractivity contribution in [2.45, 2.75) is 20.3 Å². The molecule has 2 amide bonds. The molecule has 3 N–H and O–H groups in total. The fourth-order valence-electron chi connectivity index (χ4n) is 1.59. The SMILES string of the molecule is CNC(=O)c1ccc(NC(=O)CC(C)(C)C(=O)O)cc1Cl. The summed E-state index contributed by atoms with van der Waals surface area (Å²) < 4.78 is 0. The molecule has 1 rings (SSSR count). The van der Waals surface area contributed by atoms with E-state index in [0.717, 1.165) is 0 Å². The number of carboxylic acids is 1. The molecular weight excluding hydrogens is 296 g/mol. The standard InChI is InChI=1S/C14H17ClN2O4/c1-14(2,13(20)21)7-11(18)17-8-4-5-9(10(15)6-8)12(19)16-3/h4-6H,7H2,1-3H3,(H,16,19)(H,17,18)(H,20,21). The molecule has 0 aromatic heterocycles. The van der Waals surface area contributed by atoms with Crippen LogP contribution in [0.1, 0.15) is 30.6 Å². The van der Waals surface area contributed by atoms with E-state index in [1.807, 2.05) is 0 Å². The highest BCUT2D eigenvalue weighted by Crippen LogP contribution is 2.24. The van der Waals surface area contributed by atoms with Gasteiger partial charge in [0, 0.05) is 19.2 Å². The van der Waals surface area contributed by atoms with Gasteiger partial charge in [-0.3, -0.25) is 14.4 Å². The lowest BCUT2D eigenvalue weighted by molar-refractivity contribution is -0.148. The Morgan fingerprint density at radius 2 is 1.90 bits per heavy atom. The molecule has 0 fully saturated rings. The largest absolute Gasteiger partial charge is 0.481 e. The van der Waals surface area contributed by atoms with Gasteiger partial charge in [-0.05, 0) is 32.0 Å². The van der Waals surface area contributed by atoms with Crippen molar-refractivity contribution in [3.63, 3.8) is 0 Å². The number of halogens is 1. The van der Waals surface area contributed by atoms with Crippen molar-refractivity contribution in [1.29, 1.82) is 0 Å². The molecular formula is C14H17ClN2O4. The Hall–Kier alpha value is -2.08. The van der Waals surface area contributed by atoms with Crippen LogP contribution in [0.2, 0.25) is 5.02 Å². The Labute approximate surface area is 127 Å². The van der Waals surface area contributed by atoms with E-state index in [2.05, 4.69) is 10.6 Å². The summed E-state index contributed by atoms with van der Waals surface area (Å²) in [5, 5.41) is 14.2. The zero-order valence-electron chi connectivity index (χ0n) is 12.0. The number of hydrogen-bond acceptors (Lipinski definition) is 3. The molecule has 1 aromatic carbocycles. The first kappa shape index (κ1) is 17.0. The van der Waals surface area contributed by atoms with Gasteiger partial charge < -0.3 is 15.7 Å². The fourth-order valence-corrected chi connectivity index (χ4v) is 1.86. The van der Waals surface area contributed by atoms with Gasteiger partial charge in [0.2, 0.25) is 5.91 Å². The number of anilines is 1. The summed E-state index contributed by atoms with van der Waals surface area (Å²) >= 11 is 5.96.